The van der Waals surface area contributed by atoms with Gasteiger partial charge in [0.1, 0.15) is 5.75 Å². The van der Waals surface area contributed by atoms with E-state index in [4.69, 9.17) is 9.26 Å². The van der Waals surface area contributed by atoms with E-state index in [1.807, 2.05) is 12.1 Å². The van der Waals surface area contributed by atoms with Crippen molar-refractivity contribution < 1.29 is 9.26 Å². The summed E-state index contributed by atoms with van der Waals surface area (Å²) in [4.78, 5) is 0. The van der Waals surface area contributed by atoms with E-state index in [0.29, 0.717) is 0 Å². The number of ether oxygens (including phenoxy) is 1. The molecule has 0 radical (unpaired) electrons. The first kappa shape index (κ1) is 9.77. The molecule has 0 N–H and O–H groups in total. The number of nitrogens with zero attached hydrogens (tertiary/aromatic N) is 1. The number of hydrogen-bond donors (Lipinski definition) is 0. The molecule has 0 amide bonds. The molecule has 0 bridgehead atoms. The largest absolute Gasteiger partial charge is 0.496 e. The molecule has 1 aromatic carbocycles. The molecule has 0 aliphatic heterocycles. The van der Waals surface area contributed by atoms with Gasteiger partial charge in [-0.1, -0.05) is 5.16 Å². The summed E-state index contributed by atoms with van der Waals surface area (Å²) in [6.45, 7) is 4.12. The van der Waals surface area contributed by atoms with Crippen molar-refractivity contribution in [1.29, 1.82) is 0 Å². The van der Waals surface area contributed by atoms with E-state index in [0.717, 1.165) is 17.1 Å². The van der Waals surface area contributed by atoms with Gasteiger partial charge < -0.3 is 9.26 Å². The third kappa shape index (κ3) is 1.73. The SMILES string of the molecule is COc1cc(C)c(C)cc1-c1ccno1. The highest BCUT2D eigenvalue weighted by Gasteiger charge is 2.10. The maximum atomic E-state index is 5.32. The first-order valence-electron chi connectivity index (χ1n) is 4.78. The van der Waals surface area contributed by atoms with Crippen molar-refractivity contribution in [2.45, 2.75) is 13.8 Å². The highest BCUT2D eigenvalue weighted by Crippen LogP contribution is 2.32. The lowest BCUT2D eigenvalue weighted by Gasteiger charge is -2.09. The van der Waals surface area contributed by atoms with E-state index < -0.39 is 0 Å². The minimum atomic E-state index is 0.731. The molecule has 2 rings (SSSR count). The van der Waals surface area contributed by atoms with E-state index in [1.54, 1.807) is 13.3 Å². The molecule has 0 saturated heterocycles. The number of methoxy groups -OCH3 is 1. The molecule has 3 nitrogen and oxygen atoms in total. The monoisotopic (exact) mass is 203 g/mol. The summed E-state index contributed by atoms with van der Waals surface area (Å²) < 4.78 is 10.4. The molecule has 0 unspecified atom stereocenters. The van der Waals surface area contributed by atoms with Crippen LogP contribution in [-0.4, -0.2) is 12.3 Å². The fraction of sp³-hybridized carbons (Fsp3) is 0.250. The van der Waals surface area contributed by atoms with Gasteiger partial charge in [0, 0.05) is 6.07 Å². The molecule has 0 saturated carbocycles. The minimum absolute atomic E-state index is 0.731. The zero-order valence-corrected chi connectivity index (χ0v) is 9.07. The van der Waals surface area contributed by atoms with Gasteiger partial charge in [0.15, 0.2) is 5.76 Å². The van der Waals surface area contributed by atoms with Crippen molar-refractivity contribution in [2.75, 3.05) is 7.11 Å². The van der Waals surface area contributed by atoms with Crippen molar-refractivity contribution >= 4 is 0 Å². The van der Waals surface area contributed by atoms with Gasteiger partial charge in [0.2, 0.25) is 0 Å². The van der Waals surface area contributed by atoms with E-state index in [1.165, 1.54) is 11.1 Å². The molecule has 0 aliphatic carbocycles. The van der Waals surface area contributed by atoms with Gasteiger partial charge >= 0.3 is 0 Å². The van der Waals surface area contributed by atoms with Gasteiger partial charge in [-0.2, -0.15) is 0 Å². The molecule has 2 aromatic rings. The molecule has 0 fully saturated rings. The Morgan fingerprint density at radius 2 is 1.93 bits per heavy atom. The number of hydrogen-bond acceptors (Lipinski definition) is 3. The number of rotatable bonds is 2. The van der Waals surface area contributed by atoms with E-state index in [9.17, 15) is 0 Å². The maximum Gasteiger partial charge on any atom is 0.170 e. The maximum absolute atomic E-state index is 5.32. The molecule has 78 valence electrons. The number of aromatic nitrogens is 1. The summed E-state index contributed by atoms with van der Waals surface area (Å²) in [5.74, 6) is 1.55. The van der Waals surface area contributed by atoms with Crippen LogP contribution in [0.4, 0.5) is 0 Å². The molecule has 0 spiro atoms. The molecular weight excluding hydrogens is 190 g/mol. The molecule has 0 aliphatic rings. The van der Waals surface area contributed by atoms with Gasteiger partial charge in [-0.05, 0) is 37.1 Å². The van der Waals surface area contributed by atoms with E-state index in [2.05, 4.69) is 25.1 Å². The molecule has 0 atom stereocenters. The number of aryl methyl sites for hydroxylation is 2. The van der Waals surface area contributed by atoms with Gasteiger partial charge in [0.05, 0.1) is 18.9 Å². The first-order valence-corrected chi connectivity index (χ1v) is 4.78. The molecular formula is C12H13NO2. The third-order valence-corrected chi connectivity index (χ3v) is 2.52. The van der Waals surface area contributed by atoms with Crippen LogP contribution in [0.5, 0.6) is 5.75 Å². The lowest BCUT2D eigenvalue weighted by molar-refractivity contribution is 0.406. The van der Waals surface area contributed by atoms with Gasteiger partial charge in [0.25, 0.3) is 0 Å². The van der Waals surface area contributed by atoms with E-state index in [-0.39, 0.29) is 0 Å². The topological polar surface area (TPSA) is 35.3 Å². The Morgan fingerprint density at radius 1 is 1.20 bits per heavy atom. The fourth-order valence-electron chi connectivity index (χ4n) is 1.51. The van der Waals surface area contributed by atoms with E-state index >= 15 is 0 Å². The van der Waals surface area contributed by atoms with Crippen LogP contribution in [0.15, 0.2) is 28.9 Å². The summed E-state index contributed by atoms with van der Waals surface area (Å²) in [5.41, 5.74) is 3.36. The van der Waals surface area contributed by atoms with Gasteiger partial charge in [-0.25, -0.2) is 0 Å². The molecule has 1 heterocycles. The van der Waals surface area contributed by atoms with Crippen LogP contribution in [-0.2, 0) is 0 Å². The van der Waals surface area contributed by atoms with Crippen LogP contribution < -0.4 is 4.74 Å². The Morgan fingerprint density at radius 3 is 2.53 bits per heavy atom. The average molecular weight is 203 g/mol. The van der Waals surface area contributed by atoms with Crippen molar-refractivity contribution in [3.63, 3.8) is 0 Å². The zero-order valence-electron chi connectivity index (χ0n) is 9.07. The van der Waals surface area contributed by atoms with Crippen LogP contribution in [0.1, 0.15) is 11.1 Å². The Kier molecular flexibility index (Phi) is 2.46. The lowest BCUT2D eigenvalue weighted by Crippen LogP contribution is -1.90. The van der Waals surface area contributed by atoms with Crippen molar-refractivity contribution in [1.82, 2.24) is 5.16 Å². The van der Waals surface area contributed by atoms with Gasteiger partial charge in [-0.15, -0.1) is 0 Å². The zero-order chi connectivity index (χ0) is 10.8. The Hall–Kier alpha value is -1.77. The van der Waals surface area contributed by atoms with Crippen LogP contribution in [0.2, 0.25) is 0 Å². The molecule has 1 aromatic heterocycles. The fourth-order valence-corrected chi connectivity index (χ4v) is 1.51. The second-order valence-electron chi connectivity index (χ2n) is 3.51. The van der Waals surface area contributed by atoms with Crippen LogP contribution in [0, 0.1) is 13.8 Å². The van der Waals surface area contributed by atoms with Crippen molar-refractivity contribution in [3.05, 3.63) is 35.5 Å². The molecule has 15 heavy (non-hydrogen) atoms. The molecule has 3 heteroatoms. The number of benzene rings is 1. The smallest absolute Gasteiger partial charge is 0.170 e. The minimum Gasteiger partial charge on any atom is -0.496 e. The second-order valence-corrected chi connectivity index (χ2v) is 3.51. The Labute approximate surface area is 88.7 Å². The summed E-state index contributed by atoms with van der Waals surface area (Å²) in [6.07, 6.45) is 1.63. The van der Waals surface area contributed by atoms with Crippen molar-refractivity contribution in [2.24, 2.45) is 0 Å². The highest BCUT2D eigenvalue weighted by molar-refractivity contribution is 5.67. The Bertz CT molecular complexity index is 461. The quantitative estimate of drug-likeness (QED) is 0.752. The normalized spacial score (nSPS) is 10.3. The second kappa shape index (κ2) is 3.77. The predicted octanol–water partition coefficient (Wildman–Crippen LogP) is 2.97. The summed E-state index contributed by atoms with van der Waals surface area (Å²) >= 11 is 0. The Balaban J connectivity index is 2.60. The highest BCUT2D eigenvalue weighted by atomic mass is 16.5. The first-order chi connectivity index (χ1) is 7.22. The third-order valence-electron chi connectivity index (χ3n) is 2.52. The standard InChI is InChI=1S/C12H13NO2/c1-8-6-10(11-4-5-13-15-11)12(14-3)7-9(8)2/h4-7H,1-3H3. The average Bonchev–Trinajstić information content (AvgIpc) is 2.74. The summed E-state index contributed by atoms with van der Waals surface area (Å²) in [6, 6.07) is 5.88. The van der Waals surface area contributed by atoms with Crippen LogP contribution >= 0.6 is 0 Å². The van der Waals surface area contributed by atoms with Crippen LogP contribution in [0.3, 0.4) is 0 Å². The van der Waals surface area contributed by atoms with Crippen LogP contribution in [0.25, 0.3) is 11.3 Å². The summed E-state index contributed by atoms with van der Waals surface area (Å²) in [7, 11) is 1.66. The lowest BCUT2D eigenvalue weighted by atomic mass is 10.0. The summed E-state index contributed by atoms with van der Waals surface area (Å²) in [5, 5.41) is 3.70. The predicted molar refractivity (Wildman–Crippen MR) is 58.0 cm³/mol. The van der Waals surface area contributed by atoms with Gasteiger partial charge in [-0.3, -0.25) is 0 Å². The van der Waals surface area contributed by atoms with Crippen molar-refractivity contribution in [3.8, 4) is 17.1 Å².